The molecule has 2 rings (SSSR count). The largest absolute Gasteiger partial charge is 0.315 e. The van der Waals surface area contributed by atoms with Crippen molar-refractivity contribution in [2.45, 2.75) is 71.0 Å². The van der Waals surface area contributed by atoms with Gasteiger partial charge in [-0.3, -0.25) is 4.90 Å². The summed E-state index contributed by atoms with van der Waals surface area (Å²) in [5.41, 5.74) is 0. The van der Waals surface area contributed by atoms with Crippen molar-refractivity contribution in [3.05, 3.63) is 0 Å². The summed E-state index contributed by atoms with van der Waals surface area (Å²) in [5, 5.41) is 3.63. The average Bonchev–Trinajstić information content (AvgIpc) is 2.67. The highest BCUT2D eigenvalue weighted by molar-refractivity contribution is 4.94. The van der Waals surface area contributed by atoms with Crippen LogP contribution in [-0.4, -0.2) is 61.7 Å². The summed E-state index contributed by atoms with van der Waals surface area (Å²) in [6.45, 7) is 11.0. The van der Waals surface area contributed by atoms with Gasteiger partial charge in [-0.15, -0.1) is 0 Å². The Labute approximate surface area is 132 Å². The molecule has 1 saturated heterocycles. The van der Waals surface area contributed by atoms with Crippen LogP contribution in [0.5, 0.6) is 0 Å². The summed E-state index contributed by atoms with van der Waals surface area (Å²) in [6.07, 6.45) is 6.76. The molecular formula is C18H37N3. The molecule has 21 heavy (non-hydrogen) atoms. The molecule has 2 aliphatic rings. The van der Waals surface area contributed by atoms with Gasteiger partial charge in [0, 0.05) is 31.2 Å². The summed E-state index contributed by atoms with van der Waals surface area (Å²) >= 11 is 0. The van der Waals surface area contributed by atoms with Crippen LogP contribution in [0.3, 0.4) is 0 Å². The maximum Gasteiger partial charge on any atom is 0.0255 e. The molecule has 124 valence electrons. The lowest BCUT2D eigenvalue weighted by Crippen LogP contribution is -2.56. The predicted molar refractivity (Wildman–Crippen MR) is 91.7 cm³/mol. The van der Waals surface area contributed by atoms with Crippen LogP contribution in [0, 0.1) is 11.8 Å². The molecule has 4 unspecified atom stereocenters. The van der Waals surface area contributed by atoms with Crippen molar-refractivity contribution in [1.82, 2.24) is 15.1 Å². The molecule has 1 N–H and O–H groups in total. The third kappa shape index (κ3) is 4.20. The van der Waals surface area contributed by atoms with E-state index >= 15 is 0 Å². The number of nitrogens with one attached hydrogen (secondary N) is 1. The summed E-state index contributed by atoms with van der Waals surface area (Å²) in [6, 6.07) is 2.18. The predicted octanol–water partition coefficient (Wildman–Crippen LogP) is 2.82. The summed E-state index contributed by atoms with van der Waals surface area (Å²) < 4.78 is 0. The summed E-state index contributed by atoms with van der Waals surface area (Å²) in [4.78, 5) is 5.41. The van der Waals surface area contributed by atoms with Crippen LogP contribution in [0.4, 0.5) is 0 Å². The second-order valence-corrected chi connectivity index (χ2v) is 7.70. The smallest absolute Gasteiger partial charge is 0.0255 e. The van der Waals surface area contributed by atoms with E-state index in [-0.39, 0.29) is 0 Å². The topological polar surface area (TPSA) is 18.5 Å². The van der Waals surface area contributed by atoms with E-state index in [1.807, 2.05) is 0 Å². The molecule has 3 heteroatoms. The second-order valence-electron chi connectivity index (χ2n) is 7.70. The standard InChI is InChI=1S/C18H37N3/c1-6-16-13-20(5)10-7-11-21(16)18-12-15(14(2)3)8-9-17(18)19-4/h14-19H,6-13H2,1-5H3. The second kappa shape index (κ2) is 7.94. The molecule has 3 nitrogen and oxygen atoms in total. The van der Waals surface area contributed by atoms with Crippen molar-refractivity contribution in [3.8, 4) is 0 Å². The third-order valence-corrected chi connectivity index (χ3v) is 6.02. The first-order chi connectivity index (χ1) is 10.1. The van der Waals surface area contributed by atoms with Crippen LogP contribution in [0.25, 0.3) is 0 Å². The molecule has 1 aliphatic heterocycles. The minimum Gasteiger partial charge on any atom is -0.315 e. The highest BCUT2D eigenvalue weighted by Crippen LogP contribution is 2.34. The first-order valence-electron chi connectivity index (χ1n) is 9.18. The Bertz CT molecular complexity index is 305. The van der Waals surface area contributed by atoms with E-state index in [1.165, 1.54) is 51.7 Å². The monoisotopic (exact) mass is 295 g/mol. The van der Waals surface area contributed by atoms with Crippen LogP contribution >= 0.6 is 0 Å². The molecule has 1 aliphatic carbocycles. The first kappa shape index (κ1) is 17.2. The van der Waals surface area contributed by atoms with Crippen LogP contribution in [0.2, 0.25) is 0 Å². The molecule has 2 fully saturated rings. The molecule has 0 radical (unpaired) electrons. The van der Waals surface area contributed by atoms with Gasteiger partial charge in [0.2, 0.25) is 0 Å². The fourth-order valence-electron chi connectivity index (χ4n) is 4.55. The minimum absolute atomic E-state index is 0.692. The van der Waals surface area contributed by atoms with Crippen molar-refractivity contribution < 1.29 is 0 Å². The minimum atomic E-state index is 0.692. The maximum absolute atomic E-state index is 3.63. The first-order valence-corrected chi connectivity index (χ1v) is 9.18. The van der Waals surface area contributed by atoms with Crippen molar-refractivity contribution >= 4 is 0 Å². The molecule has 1 saturated carbocycles. The van der Waals surface area contributed by atoms with Gasteiger partial charge in [-0.1, -0.05) is 20.8 Å². The third-order valence-electron chi connectivity index (χ3n) is 6.02. The Morgan fingerprint density at radius 2 is 1.95 bits per heavy atom. The van der Waals surface area contributed by atoms with E-state index in [9.17, 15) is 0 Å². The number of hydrogen-bond acceptors (Lipinski definition) is 3. The lowest BCUT2D eigenvalue weighted by molar-refractivity contribution is 0.0516. The van der Waals surface area contributed by atoms with Gasteiger partial charge in [0.1, 0.15) is 0 Å². The van der Waals surface area contributed by atoms with E-state index < -0.39 is 0 Å². The van der Waals surface area contributed by atoms with Crippen LogP contribution in [0.15, 0.2) is 0 Å². The van der Waals surface area contributed by atoms with Crippen molar-refractivity contribution in [2.24, 2.45) is 11.8 Å². The van der Waals surface area contributed by atoms with Gasteiger partial charge < -0.3 is 10.2 Å². The summed E-state index contributed by atoms with van der Waals surface area (Å²) in [5.74, 6) is 1.75. The quantitative estimate of drug-likeness (QED) is 0.860. The van der Waals surface area contributed by atoms with Gasteiger partial charge in [0.25, 0.3) is 0 Å². The number of rotatable bonds is 4. The van der Waals surface area contributed by atoms with E-state index in [2.05, 4.69) is 50.0 Å². The molecule has 0 aromatic carbocycles. The van der Waals surface area contributed by atoms with Crippen LogP contribution < -0.4 is 5.32 Å². The van der Waals surface area contributed by atoms with Crippen molar-refractivity contribution in [3.63, 3.8) is 0 Å². The van der Waals surface area contributed by atoms with Crippen LogP contribution in [0.1, 0.15) is 52.9 Å². The highest BCUT2D eigenvalue weighted by atomic mass is 15.3. The molecule has 0 aromatic heterocycles. The Hall–Kier alpha value is -0.120. The molecular weight excluding hydrogens is 258 g/mol. The van der Waals surface area contributed by atoms with Gasteiger partial charge in [-0.2, -0.15) is 0 Å². The lowest BCUT2D eigenvalue weighted by atomic mass is 9.76. The lowest BCUT2D eigenvalue weighted by Gasteiger charge is -2.46. The van der Waals surface area contributed by atoms with Crippen molar-refractivity contribution in [1.29, 1.82) is 0 Å². The zero-order valence-corrected chi connectivity index (χ0v) is 14.9. The molecule has 0 aromatic rings. The molecule has 4 atom stereocenters. The van der Waals surface area contributed by atoms with Gasteiger partial charge in [-0.05, 0) is 64.6 Å². The van der Waals surface area contributed by atoms with E-state index in [0.29, 0.717) is 6.04 Å². The van der Waals surface area contributed by atoms with Crippen LogP contribution in [-0.2, 0) is 0 Å². The molecule has 0 bridgehead atoms. The molecule has 0 spiro atoms. The Balaban J connectivity index is 2.13. The van der Waals surface area contributed by atoms with E-state index in [0.717, 1.165) is 23.9 Å². The Morgan fingerprint density at radius 3 is 2.57 bits per heavy atom. The SMILES string of the molecule is CCC1CN(C)CCCN1C1CC(C(C)C)CCC1NC. The normalized spacial score (nSPS) is 36.9. The van der Waals surface area contributed by atoms with Gasteiger partial charge in [0.15, 0.2) is 0 Å². The number of nitrogens with zero attached hydrogens (tertiary/aromatic N) is 2. The summed E-state index contributed by atoms with van der Waals surface area (Å²) in [7, 11) is 4.46. The number of hydrogen-bond donors (Lipinski definition) is 1. The zero-order chi connectivity index (χ0) is 15.4. The van der Waals surface area contributed by atoms with E-state index in [4.69, 9.17) is 0 Å². The van der Waals surface area contributed by atoms with Gasteiger partial charge >= 0.3 is 0 Å². The zero-order valence-electron chi connectivity index (χ0n) is 14.9. The average molecular weight is 296 g/mol. The fraction of sp³-hybridized carbons (Fsp3) is 1.00. The molecule has 0 amide bonds. The fourth-order valence-corrected chi connectivity index (χ4v) is 4.55. The van der Waals surface area contributed by atoms with Gasteiger partial charge in [0.05, 0.1) is 0 Å². The Kier molecular flexibility index (Phi) is 6.51. The van der Waals surface area contributed by atoms with Crippen molar-refractivity contribution in [2.75, 3.05) is 33.7 Å². The van der Waals surface area contributed by atoms with Gasteiger partial charge in [-0.25, -0.2) is 0 Å². The number of likely N-dealkylation sites (N-methyl/N-ethyl adjacent to an activating group) is 2. The molecule has 1 heterocycles. The Morgan fingerprint density at radius 1 is 1.19 bits per heavy atom. The maximum atomic E-state index is 3.63. The van der Waals surface area contributed by atoms with E-state index in [1.54, 1.807) is 0 Å². The highest BCUT2D eigenvalue weighted by Gasteiger charge is 2.37.